The highest BCUT2D eigenvalue weighted by atomic mass is 16.8. The van der Waals surface area contributed by atoms with E-state index in [0.717, 1.165) is 0 Å². The molecule has 0 spiro atoms. The van der Waals surface area contributed by atoms with Crippen LogP contribution in [0.3, 0.4) is 0 Å². The fraction of sp³-hybridized carbons (Fsp3) is 0.860. The molecule has 2 aliphatic rings. The zero-order chi connectivity index (χ0) is 43.3. The molecule has 0 bridgehead atoms. The summed E-state index contributed by atoms with van der Waals surface area (Å²) in [5.41, 5.74) is -4.10. The van der Waals surface area contributed by atoms with Crippen molar-refractivity contribution in [1.29, 1.82) is 0 Å². The van der Waals surface area contributed by atoms with Crippen molar-refractivity contribution < 1.29 is 66.4 Å². The molecule has 0 aromatic rings. The van der Waals surface area contributed by atoms with Crippen LogP contribution < -0.4 is 0 Å². The van der Waals surface area contributed by atoms with Crippen molar-refractivity contribution in [1.82, 2.24) is 0 Å². The van der Waals surface area contributed by atoms with Crippen LogP contribution >= 0.6 is 0 Å². The van der Waals surface area contributed by atoms with Gasteiger partial charge in [0, 0.05) is 82.6 Å². The summed E-state index contributed by atoms with van der Waals surface area (Å²) in [6.07, 6.45) is -1.36. The first-order valence-electron chi connectivity index (χ1n) is 21.1. The van der Waals surface area contributed by atoms with Crippen molar-refractivity contribution in [3.05, 3.63) is 24.3 Å². The molecule has 57 heavy (non-hydrogen) atoms. The van der Waals surface area contributed by atoms with E-state index < -0.39 is 63.9 Å². The van der Waals surface area contributed by atoms with Gasteiger partial charge in [0.2, 0.25) is 0 Å². The van der Waals surface area contributed by atoms with Gasteiger partial charge in [-0.1, -0.05) is 27.0 Å². The number of carbonyl (C=O) groups is 2. The molecule has 0 saturated heterocycles. The lowest BCUT2D eigenvalue weighted by Crippen LogP contribution is -2.89. The topological polar surface area (TPSA) is 145 Å². The van der Waals surface area contributed by atoms with Gasteiger partial charge in [-0.2, -0.15) is 0 Å². The predicted octanol–water partition coefficient (Wildman–Crippen LogP) is 7.20. The van der Waals surface area contributed by atoms with Crippen molar-refractivity contribution in [2.75, 3.05) is 66.1 Å². The molecular weight excluding hydrogens is 740 g/mol. The lowest BCUT2D eigenvalue weighted by atomic mass is 9.49. The maximum Gasteiger partial charge on any atom is 0.333 e. The van der Waals surface area contributed by atoms with Gasteiger partial charge in [-0.05, 0) is 109 Å². The highest BCUT2D eigenvalue weighted by Crippen LogP contribution is 2.68. The number of hydrogen-bond donors (Lipinski definition) is 0. The third-order valence-electron chi connectivity index (χ3n) is 11.2. The molecule has 2 aliphatic carbocycles. The molecule has 14 heteroatoms. The van der Waals surface area contributed by atoms with E-state index in [2.05, 4.69) is 13.2 Å². The van der Waals surface area contributed by atoms with E-state index in [4.69, 9.17) is 56.8 Å². The van der Waals surface area contributed by atoms with Crippen LogP contribution in [0, 0.1) is 5.41 Å². The van der Waals surface area contributed by atoms with Crippen LogP contribution in [0.1, 0.15) is 123 Å². The van der Waals surface area contributed by atoms with Gasteiger partial charge in [-0.25, -0.2) is 9.59 Å². The molecular formula is C43H76O14. The van der Waals surface area contributed by atoms with Gasteiger partial charge in [-0.15, -0.1) is 0 Å². The maximum absolute atomic E-state index is 13.4. The van der Waals surface area contributed by atoms with E-state index in [0.29, 0.717) is 0 Å². The van der Waals surface area contributed by atoms with Crippen LogP contribution in [0.4, 0.5) is 0 Å². The summed E-state index contributed by atoms with van der Waals surface area (Å²) in [4.78, 5) is 26.8. The van der Waals surface area contributed by atoms with Crippen LogP contribution in [-0.2, 0) is 66.4 Å². The Labute approximate surface area is 342 Å². The van der Waals surface area contributed by atoms with Gasteiger partial charge in [0.15, 0.2) is 12.2 Å². The minimum atomic E-state index is -1.97. The summed E-state index contributed by atoms with van der Waals surface area (Å²) in [6.45, 7) is 34.6. The Kier molecular flexibility index (Phi) is 19.3. The second-order valence-corrected chi connectivity index (χ2v) is 14.6. The quantitative estimate of drug-likeness (QED) is 0.0493. The van der Waals surface area contributed by atoms with E-state index in [1.807, 2.05) is 83.1 Å². The largest absolute Gasteiger partial charge is 0.453 e. The molecule has 0 aliphatic heterocycles. The van der Waals surface area contributed by atoms with Crippen molar-refractivity contribution in [2.24, 2.45) is 5.41 Å². The van der Waals surface area contributed by atoms with Crippen molar-refractivity contribution in [2.45, 2.75) is 169 Å². The van der Waals surface area contributed by atoms with Gasteiger partial charge in [-0.3, -0.25) is 0 Å². The van der Waals surface area contributed by atoms with Crippen LogP contribution in [0.5, 0.6) is 0 Å². The lowest BCUT2D eigenvalue weighted by Gasteiger charge is -2.72. The van der Waals surface area contributed by atoms with Gasteiger partial charge in [0.1, 0.15) is 11.2 Å². The second kappa shape index (κ2) is 21.5. The molecule has 0 aromatic carbocycles. The number of carbonyl (C=O) groups excluding carboxylic acids is 2. The first kappa shape index (κ1) is 51.2. The zero-order valence-electron chi connectivity index (χ0n) is 37.7. The van der Waals surface area contributed by atoms with Gasteiger partial charge < -0.3 is 56.8 Å². The van der Waals surface area contributed by atoms with Gasteiger partial charge >= 0.3 is 11.9 Å². The van der Waals surface area contributed by atoms with Crippen LogP contribution in [-0.4, -0.2) is 125 Å². The molecule has 14 nitrogen and oxygen atoms in total. The number of rotatable bonds is 26. The smallest absolute Gasteiger partial charge is 0.333 e. The number of hydrogen-bond acceptors (Lipinski definition) is 14. The van der Waals surface area contributed by atoms with E-state index >= 15 is 0 Å². The molecule has 0 radical (unpaired) electrons. The fourth-order valence-corrected chi connectivity index (χ4v) is 9.52. The molecule has 0 N–H and O–H groups in total. The standard InChI is InChI=1S/C43H76O14/c1-17-46-38(29-27-33(56-35(44)31(11)12)40(48-19-3,49-20-4)42(38,52-23-7)53-24-8)37(15,16)39(47-18-2)30-28-34(57-36(45)32(13)14)41(50-21-5,51-22-6)43(39,54-25-9)55-26-10/h33-34H,11,13,17-30H2,1-10,12,14-16H3. The third kappa shape index (κ3) is 8.39. The van der Waals surface area contributed by atoms with Crippen LogP contribution in [0.15, 0.2) is 24.3 Å². The molecule has 0 amide bonds. The maximum atomic E-state index is 13.4. The molecule has 332 valence electrons. The van der Waals surface area contributed by atoms with E-state index in [1.165, 1.54) is 0 Å². The Morgan fingerprint density at radius 1 is 0.474 bits per heavy atom. The number of ether oxygens (including phenoxy) is 12. The summed E-state index contributed by atoms with van der Waals surface area (Å²) in [7, 11) is 0. The SMILES string of the molecule is C=C(C)C(=O)OC1CCC(OCC)(C(C)(C)C2(OCC)CCC(OC(=O)C(=C)C)C(OCC)(OCC)C2(OCC)OCC)C(OCC)(OCC)C1(OCC)OCC. The van der Waals surface area contributed by atoms with E-state index in [-0.39, 0.29) is 103 Å². The first-order chi connectivity index (χ1) is 27.0. The Morgan fingerprint density at radius 2 is 0.719 bits per heavy atom. The summed E-state index contributed by atoms with van der Waals surface area (Å²) in [5.74, 6) is -8.98. The van der Waals surface area contributed by atoms with E-state index in [1.54, 1.807) is 13.8 Å². The molecule has 2 rings (SSSR count). The normalized spacial score (nSPS) is 26.4. The fourth-order valence-electron chi connectivity index (χ4n) is 9.52. The Hall–Kier alpha value is -1.98. The molecule has 2 fully saturated rings. The molecule has 4 atom stereocenters. The Bertz CT molecular complexity index is 1190. The molecule has 4 unspecified atom stereocenters. The van der Waals surface area contributed by atoms with Crippen molar-refractivity contribution >= 4 is 11.9 Å². The van der Waals surface area contributed by atoms with Gasteiger partial charge in [0.25, 0.3) is 23.1 Å². The Balaban J connectivity index is 3.42. The highest BCUT2D eigenvalue weighted by molar-refractivity contribution is 5.87. The van der Waals surface area contributed by atoms with E-state index in [9.17, 15) is 9.59 Å². The average Bonchev–Trinajstić information content (AvgIpc) is 3.15. The Morgan fingerprint density at radius 3 is 0.930 bits per heavy atom. The van der Waals surface area contributed by atoms with Crippen molar-refractivity contribution in [3.63, 3.8) is 0 Å². The average molecular weight is 817 g/mol. The first-order valence-corrected chi connectivity index (χ1v) is 21.1. The summed E-state index contributed by atoms with van der Waals surface area (Å²) >= 11 is 0. The summed E-state index contributed by atoms with van der Waals surface area (Å²) < 4.78 is 82.1. The minimum absolute atomic E-state index is 0.110. The van der Waals surface area contributed by atoms with Crippen LogP contribution in [0.2, 0.25) is 0 Å². The third-order valence-corrected chi connectivity index (χ3v) is 11.2. The van der Waals surface area contributed by atoms with Gasteiger partial charge in [0.05, 0.1) is 0 Å². The molecule has 0 heterocycles. The van der Waals surface area contributed by atoms with Crippen molar-refractivity contribution in [3.8, 4) is 0 Å². The van der Waals surface area contributed by atoms with Crippen LogP contribution in [0.25, 0.3) is 0 Å². The minimum Gasteiger partial charge on any atom is -0.453 e. The monoisotopic (exact) mass is 817 g/mol. The second-order valence-electron chi connectivity index (χ2n) is 14.6. The summed E-state index contributed by atoms with van der Waals surface area (Å²) in [6, 6.07) is 0. The zero-order valence-corrected chi connectivity index (χ0v) is 37.7. The molecule has 2 saturated carbocycles. The predicted molar refractivity (Wildman–Crippen MR) is 214 cm³/mol. The number of esters is 2. The lowest BCUT2D eigenvalue weighted by molar-refractivity contribution is -0.529. The molecule has 0 aromatic heterocycles. The highest BCUT2D eigenvalue weighted by Gasteiger charge is 2.87. The summed E-state index contributed by atoms with van der Waals surface area (Å²) in [5, 5.41) is 0.